The average Bonchev–Trinajstić information content (AvgIpc) is 2.73. The van der Waals surface area contributed by atoms with Gasteiger partial charge in [0.1, 0.15) is 11.6 Å². The number of nitrogens with zero attached hydrogens (tertiary/aromatic N) is 2. The molecule has 6 nitrogen and oxygen atoms in total. The fourth-order valence-corrected chi connectivity index (χ4v) is 3.15. The molecule has 30 heavy (non-hydrogen) atoms. The maximum Gasteiger partial charge on any atom is 0.220 e. The van der Waals surface area contributed by atoms with Gasteiger partial charge in [0.2, 0.25) is 5.91 Å². The molecule has 0 aliphatic heterocycles. The Morgan fingerprint density at radius 2 is 2.00 bits per heavy atom. The normalized spacial score (nSPS) is 11.5. The smallest absolute Gasteiger partial charge is 0.220 e. The van der Waals surface area contributed by atoms with Crippen molar-refractivity contribution in [3.63, 3.8) is 0 Å². The number of nitriles is 1. The van der Waals surface area contributed by atoms with Gasteiger partial charge >= 0.3 is 0 Å². The molecule has 3 rings (SSSR count). The van der Waals surface area contributed by atoms with Crippen LogP contribution in [-0.4, -0.2) is 22.5 Å². The van der Waals surface area contributed by atoms with Crippen molar-refractivity contribution in [2.75, 3.05) is 11.9 Å². The third-order valence-corrected chi connectivity index (χ3v) is 4.60. The average molecular weight is 404 g/mol. The zero-order valence-corrected chi connectivity index (χ0v) is 16.2. The molecular formula is C23H21FN4O2. The largest absolute Gasteiger partial charge is 0.388 e. The van der Waals surface area contributed by atoms with Gasteiger partial charge in [0, 0.05) is 17.7 Å². The molecule has 2 aromatic carbocycles. The predicted molar refractivity (Wildman–Crippen MR) is 112 cm³/mol. The lowest BCUT2D eigenvalue weighted by Crippen LogP contribution is -2.17. The minimum atomic E-state index is -1.12. The molecule has 1 unspecified atom stereocenters. The molecule has 4 N–H and O–H groups in total. The SMILES string of the molecule is N#Cc1ccccc1-c1ccc(C(O)CC(N)=O)c(NCCc2cccc(F)c2)n1. The van der Waals surface area contributed by atoms with Crippen LogP contribution in [0.4, 0.5) is 10.2 Å². The highest BCUT2D eigenvalue weighted by Crippen LogP contribution is 2.29. The van der Waals surface area contributed by atoms with E-state index in [-0.39, 0.29) is 12.2 Å². The summed E-state index contributed by atoms with van der Waals surface area (Å²) in [6.45, 7) is 0.427. The Labute approximate surface area is 173 Å². The summed E-state index contributed by atoms with van der Waals surface area (Å²) in [6.07, 6.45) is -0.829. The molecule has 1 atom stereocenters. The molecular weight excluding hydrogens is 383 g/mol. The number of pyridine rings is 1. The van der Waals surface area contributed by atoms with Crippen LogP contribution in [0.15, 0.2) is 60.7 Å². The van der Waals surface area contributed by atoms with Crippen molar-refractivity contribution >= 4 is 11.7 Å². The topological polar surface area (TPSA) is 112 Å². The molecule has 0 aliphatic carbocycles. The summed E-state index contributed by atoms with van der Waals surface area (Å²) in [6, 6.07) is 18.9. The maximum absolute atomic E-state index is 13.4. The number of amides is 1. The van der Waals surface area contributed by atoms with Gasteiger partial charge in [-0.05, 0) is 36.2 Å². The van der Waals surface area contributed by atoms with Crippen LogP contribution in [0, 0.1) is 17.1 Å². The highest BCUT2D eigenvalue weighted by molar-refractivity contribution is 5.75. The monoisotopic (exact) mass is 404 g/mol. The molecule has 0 fully saturated rings. The van der Waals surface area contributed by atoms with E-state index in [2.05, 4.69) is 16.4 Å². The zero-order valence-electron chi connectivity index (χ0n) is 16.2. The van der Waals surface area contributed by atoms with Crippen LogP contribution in [0.1, 0.15) is 29.2 Å². The van der Waals surface area contributed by atoms with Crippen molar-refractivity contribution in [3.8, 4) is 17.3 Å². The second-order valence-electron chi connectivity index (χ2n) is 6.78. The van der Waals surface area contributed by atoms with Crippen molar-refractivity contribution in [2.45, 2.75) is 18.9 Å². The van der Waals surface area contributed by atoms with E-state index in [0.29, 0.717) is 41.2 Å². The van der Waals surface area contributed by atoms with Gasteiger partial charge in [-0.25, -0.2) is 9.37 Å². The van der Waals surface area contributed by atoms with E-state index < -0.39 is 12.0 Å². The Bertz CT molecular complexity index is 1090. The standard InChI is InChI=1S/C23H21FN4O2/c24-17-6-3-4-15(12-17)10-11-27-23-19(21(29)13-22(26)30)8-9-20(28-23)18-7-2-1-5-16(18)14-25/h1-9,12,21,29H,10-11,13H2,(H2,26,30)(H,27,28). The number of aliphatic hydroxyl groups excluding tert-OH is 1. The van der Waals surface area contributed by atoms with Crippen LogP contribution in [0.5, 0.6) is 0 Å². The van der Waals surface area contributed by atoms with Crippen molar-refractivity contribution in [3.05, 3.63) is 83.2 Å². The van der Waals surface area contributed by atoms with Crippen molar-refractivity contribution in [1.82, 2.24) is 4.98 Å². The Balaban J connectivity index is 1.90. The number of rotatable bonds is 8. The number of hydrogen-bond acceptors (Lipinski definition) is 5. The number of hydrogen-bond donors (Lipinski definition) is 3. The van der Waals surface area contributed by atoms with Gasteiger partial charge in [0.25, 0.3) is 0 Å². The van der Waals surface area contributed by atoms with Gasteiger partial charge in [-0.2, -0.15) is 5.26 Å². The first-order valence-electron chi connectivity index (χ1n) is 9.43. The van der Waals surface area contributed by atoms with E-state index >= 15 is 0 Å². The third-order valence-electron chi connectivity index (χ3n) is 4.60. The molecule has 7 heteroatoms. The van der Waals surface area contributed by atoms with Crippen LogP contribution in [0.2, 0.25) is 0 Å². The number of anilines is 1. The zero-order chi connectivity index (χ0) is 21.5. The summed E-state index contributed by atoms with van der Waals surface area (Å²) in [5.41, 5.74) is 8.13. The fourth-order valence-electron chi connectivity index (χ4n) is 3.15. The van der Waals surface area contributed by atoms with Crippen LogP contribution >= 0.6 is 0 Å². The van der Waals surface area contributed by atoms with Gasteiger partial charge < -0.3 is 16.2 Å². The number of nitrogens with one attached hydrogen (secondary N) is 1. The van der Waals surface area contributed by atoms with Gasteiger partial charge in [0.05, 0.1) is 29.9 Å². The molecule has 1 aromatic heterocycles. The second kappa shape index (κ2) is 9.63. The first-order valence-corrected chi connectivity index (χ1v) is 9.43. The molecule has 0 saturated carbocycles. The van der Waals surface area contributed by atoms with Crippen molar-refractivity contribution < 1.29 is 14.3 Å². The van der Waals surface area contributed by atoms with E-state index in [1.807, 2.05) is 12.1 Å². The van der Waals surface area contributed by atoms with E-state index in [1.165, 1.54) is 12.1 Å². The molecule has 0 saturated heterocycles. The number of aliphatic hydroxyl groups is 1. The minimum Gasteiger partial charge on any atom is -0.388 e. The lowest BCUT2D eigenvalue weighted by Gasteiger charge is -2.17. The summed E-state index contributed by atoms with van der Waals surface area (Å²) in [4.78, 5) is 15.8. The van der Waals surface area contributed by atoms with Crippen molar-refractivity contribution in [1.29, 1.82) is 5.26 Å². The van der Waals surface area contributed by atoms with Crippen molar-refractivity contribution in [2.24, 2.45) is 5.73 Å². The summed E-state index contributed by atoms with van der Waals surface area (Å²) < 4.78 is 13.4. The molecule has 0 radical (unpaired) electrons. The second-order valence-corrected chi connectivity index (χ2v) is 6.78. The van der Waals surface area contributed by atoms with Crippen LogP contribution in [0.3, 0.4) is 0 Å². The highest BCUT2D eigenvalue weighted by Gasteiger charge is 2.18. The van der Waals surface area contributed by atoms with Gasteiger partial charge in [-0.15, -0.1) is 0 Å². The minimum absolute atomic E-state index is 0.242. The summed E-state index contributed by atoms with van der Waals surface area (Å²) in [5, 5.41) is 22.9. The Morgan fingerprint density at radius 1 is 1.20 bits per heavy atom. The van der Waals surface area contributed by atoms with Gasteiger partial charge in [-0.1, -0.05) is 36.4 Å². The molecule has 0 bridgehead atoms. The van der Waals surface area contributed by atoms with Crippen LogP contribution < -0.4 is 11.1 Å². The number of carbonyl (C=O) groups is 1. The number of benzene rings is 2. The number of carbonyl (C=O) groups excluding carboxylic acids is 1. The molecule has 1 amide bonds. The summed E-state index contributed by atoms with van der Waals surface area (Å²) in [7, 11) is 0. The number of halogens is 1. The van der Waals surface area contributed by atoms with Crippen LogP contribution in [-0.2, 0) is 11.2 Å². The number of aromatic nitrogens is 1. The lowest BCUT2D eigenvalue weighted by molar-refractivity contribution is -0.119. The molecule has 3 aromatic rings. The fraction of sp³-hybridized carbons (Fsp3) is 0.174. The highest BCUT2D eigenvalue weighted by atomic mass is 19.1. The predicted octanol–water partition coefficient (Wildman–Crippen LogP) is 3.32. The molecule has 152 valence electrons. The van der Waals surface area contributed by atoms with Gasteiger partial charge in [0.15, 0.2) is 0 Å². The van der Waals surface area contributed by atoms with Crippen LogP contribution in [0.25, 0.3) is 11.3 Å². The van der Waals surface area contributed by atoms with E-state index in [0.717, 1.165) is 5.56 Å². The number of nitrogens with two attached hydrogens (primary N) is 1. The van der Waals surface area contributed by atoms with E-state index in [9.17, 15) is 19.6 Å². The first-order chi connectivity index (χ1) is 14.5. The summed E-state index contributed by atoms with van der Waals surface area (Å²) in [5.74, 6) is -0.559. The molecule has 0 spiro atoms. The summed E-state index contributed by atoms with van der Waals surface area (Å²) >= 11 is 0. The Hall–Kier alpha value is -3.76. The van der Waals surface area contributed by atoms with E-state index in [4.69, 9.17) is 5.73 Å². The maximum atomic E-state index is 13.4. The molecule has 0 aliphatic rings. The van der Waals surface area contributed by atoms with E-state index in [1.54, 1.807) is 36.4 Å². The Kier molecular flexibility index (Phi) is 6.73. The number of primary amides is 1. The van der Waals surface area contributed by atoms with Gasteiger partial charge in [-0.3, -0.25) is 4.79 Å². The third kappa shape index (κ3) is 5.19. The Morgan fingerprint density at radius 3 is 2.73 bits per heavy atom. The first kappa shape index (κ1) is 21.0. The quantitative estimate of drug-likeness (QED) is 0.533. The molecule has 1 heterocycles. The lowest BCUT2D eigenvalue weighted by atomic mass is 10.0.